The topological polar surface area (TPSA) is 40.5 Å². The quantitative estimate of drug-likeness (QED) is 0.854. The fourth-order valence-corrected chi connectivity index (χ4v) is 2.50. The maximum atomic E-state index is 9.62. The Kier molecular flexibility index (Phi) is 4.03. The van der Waals surface area contributed by atoms with Gasteiger partial charge in [0.05, 0.1) is 0 Å². The number of hydrogen-bond acceptors (Lipinski definition) is 2. The third-order valence-corrected chi connectivity index (χ3v) is 4.24. The average Bonchev–Trinajstić information content (AvgIpc) is 2.43. The van der Waals surface area contributed by atoms with E-state index in [1.165, 1.54) is 11.1 Å². The highest BCUT2D eigenvalue weighted by Gasteiger charge is 2.17. The van der Waals surface area contributed by atoms with Gasteiger partial charge < -0.3 is 10.2 Å². The molecule has 2 nitrogen and oxygen atoms in total. The highest BCUT2D eigenvalue weighted by molar-refractivity contribution is 5.40. The van der Waals surface area contributed by atoms with Gasteiger partial charge in [-0.15, -0.1) is 0 Å². The number of rotatable bonds is 3. The van der Waals surface area contributed by atoms with Crippen molar-refractivity contribution in [2.75, 3.05) is 0 Å². The van der Waals surface area contributed by atoms with E-state index < -0.39 is 0 Å². The van der Waals surface area contributed by atoms with Gasteiger partial charge in [0.25, 0.3) is 0 Å². The zero-order valence-electron chi connectivity index (χ0n) is 12.5. The van der Waals surface area contributed by atoms with Crippen LogP contribution in [0.4, 0.5) is 0 Å². The van der Waals surface area contributed by atoms with Gasteiger partial charge in [-0.1, -0.05) is 38.1 Å². The van der Waals surface area contributed by atoms with Gasteiger partial charge in [-0.2, -0.15) is 0 Å². The molecule has 0 aromatic heterocycles. The lowest BCUT2D eigenvalue weighted by molar-refractivity contribution is 0.469. The van der Waals surface area contributed by atoms with Crippen molar-refractivity contribution in [1.29, 1.82) is 0 Å². The van der Waals surface area contributed by atoms with Crippen molar-refractivity contribution in [1.82, 2.24) is 0 Å². The van der Waals surface area contributed by atoms with Crippen LogP contribution in [0.1, 0.15) is 47.9 Å². The molecule has 0 radical (unpaired) electrons. The summed E-state index contributed by atoms with van der Waals surface area (Å²) in [7, 11) is 0. The first-order valence-electron chi connectivity index (χ1n) is 6.99. The Morgan fingerprint density at radius 3 is 1.35 bits per heavy atom. The molecule has 0 aliphatic carbocycles. The molecule has 0 saturated heterocycles. The maximum absolute atomic E-state index is 9.62. The fraction of sp³-hybridized carbons (Fsp3) is 0.333. The molecule has 0 spiro atoms. The molecule has 2 aromatic rings. The van der Waals surface area contributed by atoms with Gasteiger partial charge in [0.1, 0.15) is 11.5 Å². The van der Waals surface area contributed by atoms with Crippen LogP contribution in [0.3, 0.4) is 0 Å². The zero-order chi connectivity index (χ0) is 14.9. The van der Waals surface area contributed by atoms with Crippen LogP contribution in [0.25, 0.3) is 0 Å². The molecule has 2 rings (SSSR count). The van der Waals surface area contributed by atoms with Crippen molar-refractivity contribution in [2.45, 2.75) is 39.5 Å². The summed E-state index contributed by atoms with van der Waals surface area (Å²) in [5.41, 5.74) is 4.25. The summed E-state index contributed by atoms with van der Waals surface area (Å²) >= 11 is 0. The van der Waals surface area contributed by atoms with Gasteiger partial charge in [0.2, 0.25) is 0 Å². The molecule has 2 heteroatoms. The molecular weight excluding hydrogens is 248 g/mol. The Bertz CT molecular complexity index is 561. The predicted octanol–water partition coefficient (Wildman–Crippen LogP) is 4.62. The van der Waals surface area contributed by atoms with Crippen LogP contribution >= 0.6 is 0 Å². The second-order valence-electron chi connectivity index (χ2n) is 5.67. The Labute approximate surface area is 120 Å². The first-order chi connectivity index (χ1) is 9.40. The summed E-state index contributed by atoms with van der Waals surface area (Å²) in [6, 6.07) is 11.6. The van der Waals surface area contributed by atoms with Crippen LogP contribution in [0.5, 0.6) is 11.5 Å². The van der Waals surface area contributed by atoms with Gasteiger partial charge in [-0.05, 0) is 60.1 Å². The summed E-state index contributed by atoms with van der Waals surface area (Å²) in [4.78, 5) is 0. The molecule has 0 saturated carbocycles. The van der Waals surface area contributed by atoms with Gasteiger partial charge in [0.15, 0.2) is 0 Å². The number of phenolic OH excluding ortho intramolecular Hbond substituents is 2. The normalized spacial score (nSPS) is 14.0. The molecule has 0 bridgehead atoms. The SMILES string of the molecule is Cc1cc(C(C)C(C)c2ccc(O)c(C)c2)ccc1O. The average molecular weight is 270 g/mol. The van der Waals surface area contributed by atoms with Crippen molar-refractivity contribution >= 4 is 0 Å². The van der Waals surface area contributed by atoms with E-state index in [0.717, 1.165) is 11.1 Å². The molecule has 20 heavy (non-hydrogen) atoms. The van der Waals surface area contributed by atoms with E-state index >= 15 is 0 Å². The lowest BCUT2D eigenvalue weighted by Gasteiger charge is -2.22. The van der Waals surface area contributed by atoms with Gasteiger partial charge in [0, 0.05) is 0 Å². The van der Waals surface area contributed by atoms with Crippen molar-refractivity contribution in [2.24, 2.45) is 0 Å². The van der Waals surface area contributed by atoms with Gasteiger partial charge in [-0.25, -0.2) is 0 Å². The van der Waals surface area contributed by atoms with Crippen LogP contribution in [0, 0.1) is 13.8 Å². The minimum absolute atomic E-state index is 0.342. The van der Waals surface area contributed by atoms with E-state index in [-0.39, 0.29) is 0 Å². The minimum atomic E-state index is 0.342. The molecule has 2 atom stereocenters. The first-order valence-corrected chi connectivity index (χ1v) is 6.99. The van der Waals surface area contributed by atoms with Crippen LogP contribution in [0.15, 0.2) is 36.4 Å². The van der Waals surface area contributed by atoms with E-state index in [4.69, 9.17) is 0 Å². The summed E-state index contributed by atoms with van der Waals surface area (Å²) < 4.78 is 0. The molecule has 0 heterocycles. The number of aromatic hydroxyl groups is 2. The van der Waals surface area contributed by atoms with Crippen LogP contribution < -0.4 is 0 Å². The van der Waals surface area contributed by atoms with Gasteiger partial charge in [-0.3, -0.25) is 0 Å². The summed E-state index contributed by atoms with van der Waals surface area (Å²) in [6.07, 6.45) is 0. The second kappa shape index (κ2) is 5.58. The largest absolute Gasteiger partial charge is 0.508 e. The van der Waals surface area contributed by atoms with Gasteiger partial charge >= 0.3 is 0 Å². The number of aryl methyl sites for hydroxylation is 2. The molecule has 0 aliphatic heterocycles. The van der Waals surface area contributed by atoms with E-state index in [1.54, 1.807) is 12.1 Å². The summed E-state index contributed by atoms with van der Waals surface area (Å²) in [6.45, 7) is 8.22. The van der Waals surface area contributed by atoms with Crippen molar-refractivity contribution in [3.8, 4) is 11.5 Å². The van der Waals surface area contributed by atoms with Crippen molar-refractivity contribution in [3.05, 3.63) is 58.7 Å². The molecule has 2 N–H and O–H groups in total. The van der Waals surface area contributed by atoms with E-state index in [2.05, 4.69) is 13.8 Å². The van der Waals surface area contributed by atoms with Crippen molar-refractivity contribution < 1.29 is 10.2 Å². The Morgan fingerprint density at radius 2 is 1.05 bits per heavy atom. The predicted molar refractivity (Wildman–Crippen MR) is 82.5 cm³/mol. The number of benzene rings is 2. The molecule has 2 unspecified atom stereocenters. The smallest absolute Gasteiger partial charge is 0.118 e. The second-order valence-corrected chi connectivity index (χ2v) is 5.67. The van der Waals surface area contributed by atoms with E-state index in [1.807, 2.05) is 38.1 Å². The molecule has 2 aromatic carbocycles. The standard InChI is InChI=1S/C18H22O2/c1-11-9-15(5-7-17(11)19)13(3)14(4)16-6-8-18(20)12(2)10-16/h5-10,13-14,19-20H,1-4H3. The first kappa shape index (κ1) is 14.4. The Morgan fingerprint density at radius 1 is 0.700 bits per heavy atom. The van der Waals surface area contributed by atoms with Crippen LogP contribution in [-0.4, -0.2) is 10.2 Å². The third kappa shape index (κ3) is 2.79. The maximum Gasteiger partial charge on any atom is 0.118 e. The lowest BCUT2D eigenvalue weighted by atomic mass is 9.83. The molecule has 106 valence electrons. The third-order valence-electron chi connectivity index (χ3n) is 4.24. The van der Waals surface area contributed by atoms with Crippen molar-refractivity contribution in [3.63, 3.8) is 0 Å². The molecule has 0 amide bonds. The fourth-order valence-electron chi connectivity index (χ4n) is 2.50. The highest BCUT2D eigenvalue weighted by Crippen LogP contribution is 2.35. The van der Waals surface area contributed by atoms with E-state index in [0.29, 0.717) is 23.3 Å². The molecular formula is C18H22O2. The number of hydrogen-bond donors (Lipinski definition) is 2. The highest BCUT2D eigenvalue weighted by atomic mass is 16.3. The number of phenols is 2. The van der Waals surface area contributed by atoms with E-state index in [9.17, 15) is 10.2 Å². The monoisotopic (exact) mass is 270 g/mol. The summed E-state index contributed by atoms with van der Waals surface area (Å²) in [5.74, 6) is 1.37. The minimum Gasteiger partial charge on any atom is -0.508 e. The Balaban J connectivity index is 2.29. The molecule has 0 aliphatic rings. The Hall–Kier alpha value is -1.96. The molecule has 0 fully saturated rings. The summed E-state index contributed by atoms with van der Waals surface area (Å²) in [5, 5.41) is 19.2. The zero-order valence-corrected chi connectivity index (χ0v) is 12.5. The van der Waals surface area contributed by atoms with Crippen LogP contribution in [0.2, 0.25) is 0 Å². The van der Waals surface area contributed by atoms with Crippen LogP contribution in [-0.2, 0) is 0 Å². The lowest BCUT2D eigenvalue weighted by Crippen LogP contribution is -2.05.